The third kappa shape index (κ3) is 3.22. The van der Waals surface area contributed by atoms with E-state index in [1.54, 1.807) is 6.20 Å². The van der Waals surface area contributed by atoms with Crippen molar-refractivity contribution in [3.05, 3.63) is 76.9 Å². The van der Waals surface area contributed by atoms with Crippen LogP contribution in [0.3, 0.4) is 0 Å². The van der Waals surface area contributed by atoms with Gasteiger partial charge in [-0.1, -0.05) is 35.9 Å². The summed E-state index contributed by atoms with van der Waals surface area (Å²) >= 11 is 5.92. The summed E-state index contributed by atoms with van der Waals surface area (Å²) in [5, 5.41) is 1.86. The first-order valence-corrected chi connectivity index (χ1v) is 7.19. The Labute approximate surface area is 128 Å². The van der Waals surface area contributed by atoms with Crippen LogP contribution in [0, 0.1) is 0 Å². The predicted octanol–water partition coefficient (Wildman–Crippen LogP) is 3.64. The molecule has 4 heteroatoms. The van der Waals surface area contributed by atoms with E-state index in [1.807, 2.05) is 36.4 Å². The number of nitrogens with zero attached hydrogens (tertiary/aromatic N) is 1. The normalized spacial score (nSPS) is 12.5. The highest BCUT2D eigenvalue weighted by Crippen LogP contribution is 2.22. The van der Waals surface area contributed by atoms with Gasteiger partial charge in [-0.05, 0) is 47.9 Å². The Hall–Kier alpha value is -1.94. The van der Waals surface area contributed by atoms with E-state index in [-0.39, 0.29) is 6.04 Å². The number of benzene rings is 2. The van der Waals surface area contributed by atoms with Gasteiger partial charge in [0.15, 0.2) is 0 Å². The van der Waals surface area contributed by atoms with Gasteiger partial charge < -0.3 is 0 Å². The molecule has 0 amide bonds. The number of aromatic nitrogens is 1. The maximum Gasteiger partial charge on any atom is 0.0702 e. The van der Waals surface area contributed by atoms with Crippen LogP contribution in [-0.2, 0) is 6.42 Å². The van der Waals surface area contributed by atoms with Gasteiger partial charge in [0.25, 0.3) is 0 Å². The highest BCUT2D eigenvalue weighted by molar-refractivity contribution is 6.30. The quantitative estimate of drug-likeness (QED) is 0.571. The number of fused-ring (bicyclic) bond motifs is 1. The monoisotopic (exact) mass is 297 g/mol. The molecule has 3 nitrogen and oxygen atoms in total. The Morgan fingerprint density at radius 1 is 1.10 bits per heavy atom. The van der Waals surface area contributed by atoms with E-state index in [9.17, 15) is 0 Å². The van der Waals surface area contributed by atoms with Gasteiger partial charge in [-0.25, -0.2) is 0 Å². The van der Waals surface area contributed by atoms with Gasteiger partial charge in [0.1, 0.15) is 0 Å². The van der Waals surface area contributed by atoms with Crippen LogP contribution in [0.4, 0.5) is 0 Å². The van der Waals surface area contributed by atoms with Gasteiger partial charge in [0.2, 0.25) is 0 Å². The fraction of sp³-hybridized carbons (Fsp3) is 0.118. The molecule has 1 heterocycles. The van der Waals surface area contributed by atoms with Gasteiger partial charge >= 0.3 is 0 Å². The molecule has 0 radical (unpaired) electrons. The average molecular weight is 298 g/mol. The van der Waals surface area contributed by atoms with Gasteiger partial charge in [-0.2, -0.15) is 0 Å². The molecule has 21 heavy (non-hydrogen) atoms. The molecule has 0 aliphatic carbocycles. The van der Waals surface area contributed by atoms with Gasteiger partial charge in [0.05, 0.1) is 11.6 Å². The number of halogens is 1. The first-order valence-electron chi connectivity index (χ1n) is 6.81. The molecule has 0 aliphatic heterocycles. The molecule has 0 bridgehead atoms. The summed E-state index contributed by atoms with van der Waals surface area (Å²) in [7, 11) is 0. The van der Waals surface area contributed by atoms with Crippen molar-refractivity contribution in [3.8, 4) is 0 Å². The lowest BCUT2D eigenvalue weighted by molar-refractivity contribution is 0.552. The van der Waals surface area contributed by atoms with Crippen molar-refractivity contribution in [2.45, 2.75) is 12.5 Å². The average Bonchev–Trinajstić information content (AvgIpc) is 2.54. The second-order valence-electron chi connectivity index (χ2n) is 5.01. The molecule has 1 unspecified atom stereocenters. The van der Waals surface area contributed by atoms with E-state index in [2.05, 4.69) is 28.6 Å². The molecule has 3 aromatic rings. The minimum absolute atomic E-state index is 0.0516. The van der Waals surface area contributed by atoms with E-state index in [0.717, 1.165) is 27.9 Å². The Kier molecular flexibility index (Phi) is 4.15. The van der Waals surface area contributed by atoms with Gasteiger partial charge in [-0.15, -0.1) is 0 Å². The van der Waals surface area contributed by atoms with Crippen molar-refractivity contribution in [1.29, 1.82) is 0 Å². The van der Waals surface area contributed by atoms with Crippen LogP contribution in [-0.4, -0.2) is 4.98 Å². The van der Waals surface area contributed by atoms with Crippen molar-refractivity contribution < 1.29 is 0 Å². The number of rotatable bonds is 4. The van der Waals surface area contributed by atoms with Crippen molar-refractivity contribution in [2.75, 3.05) is 0 Å². The van der Waals surface area contributed by atoms with Crippen LogP contribution in [0.2, 0.25) is 5.02 Å². The van der Waals surface area contributed by atoms with Crippen LogP contribution in [0.15, 0.2) is 60.8 Å². The van der Waals surface area contributed by atoms with Crippen molar-refractivity contribution >= 4 is 22.5 Å². The van der Waals surface area contributed by atoms with Crippen LogP contribution in [0.25, 0.3) is 10.9 Å². The fourth-order valence-electron chi connectivity index (χ4n) is 2.44. The first-order chi connectivity index (χ1) is 10.3. The SMILES string of the molecule is NNC(Cc1ccc(Cl)cc1)c1ccc2ncccc2c1. The standard InChI is InChI=1S/C17H16ClN3/c18-15-6-3-12(4-7-15)10-17(21-19)14-5-8-16-13(11-14)2-1-9-20-16/h1-9,11,17,21H,10,19H2. The maximum atomic E-state index is 5.92. The molecule has 3 rings (SSSR count). The van der Waals surface area contributed by atoms with Crippen LogP contribution >= 0.6 is 11.6 Å². The molecule has 0 saturated heterocycles. The lowest BCUT2D eigenvalue weighted by atomic mass is 9.98. The zero-order chi connectivity index (χ0) is 14.7. The Morgan fingerprint density at radius 3 is 2.67 bits per heavy atom. The Bertz CT molecular complexity index is 740. The lowest BCUT2D eigenvalue weighted by Crippen LogP contribution is -2.29. The van der Waals surface area contributed by atoms with E-state index in [0.29, 0.717) is 0 Å². The molecule has 3 N–H and O–H groups in total. The number of nitrogens with one attached hydrogen (secondary N) is 1. The molecule has 0 saturated carbocycles. The second kappa shape index (κ2) is 6.22. The van der Waals surface area contributed by atoms with Crippen LogP contribution in [0.5, 0.6) is 0 Å². The third-order valence-electron chi connectivity index (χ3n) is 3.58. The molecule has 106 valence electrons. The summed E-state index contributed by atoms with van der Waals surface area (Å²) in [6.45, 7) is 0. The molecule has 0 spiro atoms. The van der Waals surface area contributed by atoms with E-state index >= 15 is 0 Å². The summed E-state index contributed by atoms with van der Waals surface area (Å²) in [5.41, 5.74) is 6.22. The van der Waals surface area contributed by atoms with Gasteiger partial charge in [-0.3, -0.25) is 16.3 Å². The number of hydrogen-bond acceptors (Lipinski definition) is 3. The molecule has 2 aromatic carbocycles. The van der Waals surface area contributed by atoms with Crippen molar-refractivity contribution in [2.24, 2.45) is 5.84 Å². The summed E-state index contributed by atoms with van der Waals surface area (Å²) in [6.07, 6.45) is 2.60. The number of hydrazine groups is 1. The number of hydrogen-bond donors (Lipinski definition) is 2. The summed E-state index contributed by atoms with van der Waals surface area (Å²) < 4.78 is 0. The maximum absolute atomic E-state index is 5.92. The zero-order valence-electron chi connectivity index (χ0n) is 11.5. The summed E-state index contributed by atoms with van der Waals surface area (Å²) in [4.78, 5) is 4.33. The second-order valence-corrected chi connectivity index (χ2v) is 5.44. The summed E-state index contributed by atoms with van der Waals surface area (Å²) in [6, 6.07) is 18.1. The van der Waals surface area contributed by atoms with E-state index < -0.39 is 0 Å². The highest BCUT2D eigenvalue weighted by atomic mass is 35.5. The van der Waals surface area contributed by atoms with Crippen LogP contribution < -0.4 is 11.3 Å². The molecular formula is C17H16ClN3. The minimum atomic E-state index is 0.0516. The molecule has 0 aliphatic rings. The molecule has 1 aromatic heterocycles. The van der Waals surface area contributed by atoms with Crippen LogP contribution in [0.1, 0.15) is 17.2 Å². The largest absolute Gasteiger partial charge is 0.271 e. The molecule has 0 fully saturated rings. The first kappa shape index (κ1) is 14.0. The third-order valence-corrected chi connectivity index (χ3v) is 3.84. The molecular weight excluding hydrogens is 282 g/mol. The minimum Gasteiger partial charge on any atom is -0.271 e. The fourth-order valence-corrected chi connectivity index (χ4v) is 2.57. The predicted molar refractivity (Wildman–Crippen MR) is 87.0 cm³/mol. The lowest BCUT2D eigenvalue weighted by Gasteiger charge is -2.17. The van der Waals surface area contributed by atoms with Crippen molar-refractivity contribution in [1.82, 2.24) is 10.4 Å². The Morgan fingerprint density at radius 2 is 1.90 bits per heavy atom. The van der Waals surface area contributed by atoms with Gasteiger partial charge in [0, 0.05) is 16.6 Å². The smallest absolute Gasteiger partial charge is 0.0702 e. The number of pyridine rings is 1. The number of nitrogens with two attached hydrogens (primary N) is 1. The van der Waals surface area contributed by atoms with E-state index in [1.165, 1.54) is 5.56 Å². The van der Waals surface area contributed by atoms with Crippen molar-refractivity contribution in [3.63, 3.8) is 0 Å². The zero-order valence-corrected chi connectivity index (χ0v) is 12.2. The summed E-state index contributed by atoms with van der Waals surface area (Å²) in [5.74, 6) is 5.73. The van der Waals surface area contributed by atoms with E-state index in [4.69, 9.17) is 17.4 Å². The highest BCUT2D eigenvalue weighted by Gasteiger charge is 2.11. The molecule has 1 atom stereocenters. The topological polar surface area (TPSA) is 50.9 Å². The Balaban J connectivity index is 1.88.